The Morgan fingerprint density at radius 2 is 0.611 bits per heavy atom. The summed E-state index contributed by atoms with van der Waals surface area (Å²) in [6.07, 6.45) is -16.1. The first-order chi connectivity index (χ1) is 15.0. The molecule has 0 radical (unpaired) electrons. The Kier molecular flexibility index (Phi) is 7.83. The number of halogens is 21. The van der Waals surface area contributed by atoms with Crippen molar-refractivity contribution in [2.75, 3.05) is 0 Å². The first kappa shape index (κ1) is 34.4. The zero-order valence-electron chi connectivity index (χ0n) is 15.1. The number of rotatable bonds is 9. The van der Waals surface area contributed by atoms with Crippen LogP contribution in [0, 0.1) is 0 Å². The standard InChI is InChI=1S/C10H2F21NO3S/c11-1(12,3(15,16)5(19,20)7(23,24)9(26,27)28)2(13,14)4(17,18)6(21,22)8(25,10(29,30)31)32-36(33,34)35/h32H,(H,33,34,35). The van der Waals surface area contributed by atoms with Crippen molar-refractivity contribution in [2.24, 2.45) is 0 Å². The molecule has 0 fully saturated rings. The third-order valence-corrected chi connectivity index (χ3v) is 4.35. The van der Waals surface area contributed by atoms with Crippen LogP contribution in [0.2, 0.25) is 0 Å². The highest BCUT2D eigenvalue weighted by atomic mass is 32.2. The number of alkyl halides is 21. The third kappa shape index (κ3) is 4.38. The van der Waals surface area contributed by atoms with Crippen molar-refractivity contribution in [1.82, 2.24) is 4.72 Å². The van der Waals surface area contributed by atoms with Gasteiger partial charge in [0.25, 0.3) is 0 Å². The minimum atomic E-state index is -9.35. The molecule has 2 N–H and O–H groups in total. The normalized spacial score (nSPS) is 18.3. The summed E-state index contributed by atoms with van der Waals surface area (Å²) in [6.45, 7) is 0. The number of hydrogen-bond acceptors (Lipinski definition) is 2. The molecule has 0 heterocycles. The predicted octanol–water partition coefficient (Wildman–Crippen LogP) is 5.62. The van der Waals surface area contributed by atoms with Gasteiger partial charge in [-0.25, -0.2) is 4.39 Å². The second-order valence-electron chi connectivity index (χ2n) is 6.25. The van der Waals surface area contributed by atoms with Crippen molar-refractivity contribution in [3.05, 3.63) is 0 Å². The molecule has 1 atom stereocenters. The Morgan fingerprint density at radius 1 is 0.389 bits per heavy atom. The van der Waals surface area contributed by atoms with Gasteiger partial charge in [0.05, 0.1) is 0 Å². The van der Waals surface area contributed by atoms with Gasteiger partial charge in [0.1, 0.15) is 0 Å². The van der Waals surface area contributed by atoms with Crippen LogP contribution in [0.15, 0.2) is 0 Å². The molecule has 0 aliphatic heterocycles. The summed E-state index contributed by atoms with van der Waals surface area (Å²) >= 11 is 0. The Hall–Kier alpha value is -1.60. The topological polar surface area (TPSA) is 66.4 Å². The van der Waals surface area contributed by atoms with Crippen LogP contribution in [-0.2, 0) is 10.3 Å². The summed E-state index contributed by atoms with van der Waals surface area (Å²) in [6, 6.07) is 0. The lowest BCUT2D eigenvalue weighted by Gasteiger charge is -2.45. The van der Waals surface area contributed by atoms with Gasteiger partial charge in [-0.05, 0) is 0 Å². The minimum Gasteiger partial charge on any atom is -0.273 e. The Labute approximate surface area is 181 Å². The molecule has 0 rings (SSSR count). The van der Waals surface area contributed by atoms with E-state index in [4.69, 9.17) is 4.55 Å². The van der Waals surface area contributed by atoms with E-state index in [-0.39, 0.29) is 0 Å². The smallest absolute Gasteiger partial charge is 0.273 e. The molecule has 0 aliphatic carbocycles. The van der Waals surface area contributed by atoms with Crippen molar-refractivity contribution in [3.63, 3.8) is 0 Å². The van der Waals surface area contributed by atoms with Crippen LogP contribution in [0.1, 0.15) is 0 Å². The van der Waals surface area contributed by atoms with Crippen molar-refractivity contribution < 1.29 is 105 Å². The maximum atomic E-state index is 13.7. The number of nitrogens with one attached hydrogen (secondary N) is 1. The van der Waals surface area contributed by atoms with Crippen LogP contribution in [0.3, 0.4) is 0 Å². The van der Waals surface area contributed by atoms with Crippen LogP contribution >= 0.6 is 0 Å². The molecular formula is C10H2F21NO3S. The lowest BCUT2D eigenvalue weighted by atomic mass is 9.86. The van der Waals surface area contributed by atoms with Gasteiger partial charge < -0.3 is 0 Å². The molecule has 218 valence electrons. The highest BCUT2D eigenvalue weighted by Gasteiger charge is 2.98. The van der Waals surface area contributed by atoms with E-state index in [1.165, 1.54) is 0 Å². The molecule has 0 aliphatic rings. The van der Waals surface area contributed by atoms with Crippen molar-refractivity contribution in [1.29, 1.82) is 0 Å². The third-order valence-electron chi connectivity index (χ3n) is 3.81. The second kappa shape index (κ2) is 8.20. The van der Waals surface area contributed by atoms with Crippen LogP contribution < -0.4 is 4.72 Å². The second-order valence-corrected chi connectivity index (χ2v) is 7.41. The van der Waals surface area contributed by atoms with Gasteiger partial charge in [0, 0.05) is 0 Å². The van der Waals surface area contributed by atoms with E-state index in [2.05, 4.69) is 0 Å². The highest BCUT2D eigenvalue weighted by Crippen LogP contribution is 2.65. The van der Waals surface area contributed by atoms with E-state index >= 15 is 0 Å². The van der Waals surface area contributed by atoms with Gasteiger partial charge >= 0.3 is 69.9 Å². The zero-order valence-corrected chi connectivity index (χ0v) is 15.9. The molecule has 1 unspecified atom stereocenters. The average molecular weight is 615 g/mol. The van der Waals surface area contributed by atoms with E-state index in [1.54, 1.807) is 0 Å². The summed E-state index contributed by atoms with van der Waals surface area (Å²) < 4.78 is 299. The Morgan fingerprint density at radius 3 is 0.806 bits per heavy atom. The summed E-state index contributed by atoms with van der Waals surface area (Å²) in [5, 5.41) is 0. The zero-order chi connectivity index (χ0) is 30.2. The van der Waals surface area contributed by atoms with Gasteiger partial charge in [-0.15, -0.1) is 4.72 Å². The van der Waals surface area contributed by atoms with Crippen molar-refractivity contribution >= 4 is 10.3 Å². The van der Waals surface area contributed by atoms with Gasteiger partial charge in [-0.2, -0.15) is 96.2 Å². The molecule has 0 spiro atoms. The molecule has 26 heteroatoms. The van der Waals surface area contributed by atoms with Gasteiger partial charge in [-0.3, -0.25) is 4.55 Å². The summed E-state index contributed by atoms with van der Waals surface area (Å²) in [7, 11) is -7.26. The van der Waals surface area contributed by atoms with Crippen LogP contribution in [0.4, 0.5) is 92.2 Å². The molecule has 0 saturated carbocycles. The van der Waals surface area contributed by atoms with E-state index in [0.717, 1.165) is 0 Å². The van der Waals surface area contributed by atoms with Gasteiger partial charge in [-0.1, -0.05) is 0 Å². The molecule has 0 bridgehead atoms. The Bertz CT molecular complexity index is 933. The summed E-state index contributed by atoms with van der Waals surface area (Å²) in [4.78, 5) is 0. The summed E-state index contributed by atoms with van der Waals surface area (Å²) in [5.74, 6) is -71.6. The first-order valence-corrected chi connectivity index (χ1v) is 8.63. The van der Waals surface area contributed by atoms with Crippen molar-refractivity contribution in [2.45, 2.75) is 59.6 Å². The van der Waals surface area contributed by atoms with E-state index < -0.39 is 74.6 Å². The molecule has 0 saturated heterocycles. The fourth-order valence-corrected chi connectivity index (χ4v) is 2.46. The van der Waals surface area contributed by atoms with Crippen LogP contribution in [-0.4, -0.2) is 72.6 Å². The van der Waals surface area contributed by atoms with Crippen LogP contribution in [0.25, 0.3) is 0 Å². The molecule has 0 aromatic carbocycles. The predicted molar refractivity (Wildman–Crippen MR) is 65.3 cm³/mol. The summed E-state index contributed by atoms with van der Waals surface area (Å²) in [5.41, 5.74) is 0. The minimum absolute atomic E-state index is 1.52. The maximum Gasteiger partial charge on any atom is 0.460 e. The average Bonchev–Trinajstić information content (AvgIpc) is 2.56. The largest absolute Gasteiger partial charge is 0.460 e. The first-order valence-electron chi connectivity index (χ1n) is 7.19. The van der Waals surface area contributed by atoms with E-state index in [9.17, 15) is 101 Å². The lowest BCUT2D eigenvalue weighted by molar-refractivity contribution is -0.471. The molecule has 0 amide bonds. The van der Waals surface area contributed by atoms with Gasteiger partial charge in [0.2, 0.25) is 0 Å². The quantitative estimate of drug-likeness (QED) is 0.201. The molecule has 36 heavy (non-hydrogen) atoms. The molecule has 4 nitrogen and oxygen atoms in total. The van der Waals surface area contributed by atoms with E-state index in [0.29, 0.717) is 0 Å². The van der Waals surface area contributed by atoms with Gasteiger partial charge in [0.15, 0.2) is 0 Å². The molecular weight excluding hydrogens is 613 g/mol. The lowest BCUT2D eigenvalue weighted by Crippen LogP contribution is -2.79. The highest BCUT2D eigenvalue weighted by molar-refractivity contribution is 7.83. The monoisotopic (exact) mass is 615 g/mol. The molecule has 0 aromatic heterocycles. The maximum absolute atomic E-state index is 13.7. The Balaban J connectivity index is 7.32. The van der Waals surface area contributed by atoms with E-state index in [1.807, 2.05) is 0 Å². The number of hydrogen-bond donors (Lipinski definition) is 2. The fourth-order valence-electron chi connectivity index (χ4n) is 1.86. The van der Waals surface area contributed by atoms with Crippen LogP contribution in [0.5, 0.6) is 0 Å². The molecule has 0 aromatic rings. The SMILES string of the molecule is O=S(=O)(O)NC(F)(C(F)(F)F)C(F)(F)C(F)(F)C(F)(F)C(F)(F)C(F)(F)C(F)(F)C(F)(F)C(F)(F)F. The van der Waals surface area contributed by atoms with Crippen molar-refractivity contribution in [3.8, 4) is 0 Å². The fraction of sp³-hybridized carbons (Fsp3) is 1.00.